The van der Waals surface area contributed by atoms with Crippen molar-refractivity contribution in [3.05, 3.63) is 79.8 Å². The maximum absolute atomic E-state index is 11.4. The van der Waals surface area contributed by atoms with Crippen molar-refractivity contribution < 1.29 is 10.2 Å². The van der Waals surface area contributed by atoms with E-state index < -0.39 is 0 Å². The zero-order valence-electron chi connectivity index (χ0n) is 28.3. The van der Waals surface area contributed by atoms with E-state index in [9.17, 15) is 10.2 Å². The third kappa shape index (κ3) is 8.08. The van der Waals surface area contributed by atoms with Crippen molar-refractivity contribution in [1.29, 1.82) is 0 Å². The summed E-state index contributed by atoms with van der Waals surface area (Å²) in [6, 6.07) is 11.9. The first-order chi connectivity index (χ1) is 19.4. The molecule has 0 bridgehead atoms. The number of anilines is 1. The highest BCUT2D eigenvalue weighted by Gasteiger charge is 2.27. The second-order valence-corrected chi connectivity index (χ2v) is 16.7. The molecule has 6 heteroatoms. The highest BCUT2D eigenvalue weighted by molar-refractivity contribution is 6.42. The number of halogens is 2. The Morgan fingerprint density at radius 2 is 1.12 bits per heavy atom. The van der Waals surface area contributed by atoms with Crippen molar-refractivity contribution in [3.63, 3.8) is 0 Å². The molecule has 234 valence electrons. The van der Waals surface area contributed by atoms with Gasteiger partial charge in [0.05, 0.1) is 21.4 Å². The minimum atomic E-state index is -0.252. The summed E-state index contributed by atoms with van der Waals surface area (Å²) < 4.78 is 0. The molecule has 0 fully saturated rings. The van der Waals surface area contributed by atoms with E-state index in [0.717, 1.165) is 33.5 Å². The number of benzene rings is 3. The summed E-state index contributed by atoms with van der Waals surface area (Å²) in [5, 5.41) is 23.5. The molecule has 43 heavy (non-hydrogen) atoms. The Morgan fingerprint density at radius 3 is 1.60 bits per heavy atom. The van der Waals surface area contributed by atoms with Crippen molar-refractivity contribution in [2.75, 3.05) is 11.9 Å². The average molecular weight is 626 g/mol. The predicted molar refractivity (Wildman–Crippen MR) is 187 cm³/mol. The molecule has 0 saturated carbocycles. The van der Waals surface area contributed by atoms with Gasteiger partial charge in [0.1, 0.15) is 11.5 Å². The number of rotatable bonds is 5. The Bertz CT molecular complexity index is 1530. The molecular formula is C37H50Cl2N2O2. The highest BCUT2D eigenvalue weighted by Crippen LogP contribution is 2.42. The van der Waals surface area contributed by atoms with Gasteiger partial charge >= 0.3 is 0 Å². The summed E-state index contributed by atoms with van der Waals surface area (Å²) >= 11 is 13.0. The molecule has 0 saturated heterocycles. The van der Waals surface area contributed by atoms with Crippen LogP contribution in [-0.4, -0.2) is 23.5 Å². The number of hydrogen-bond acceptors (Lipinski definition) is 4. The molecule has 0 amide bonds. The zero-order valence-corrected chi connectivity index (χ0v) is 29.8. The van der Waals surface area contributed by atoms with Gasteiger partial charge in [-0.1, -0.05) is 118 Å². The van der Waals surface area contributed by atoms with Gasteiger partial charge in [-0.2, -0.15) is 0 Å². The monoisotopic (exact) mass is 624 g/mol. The molecule has 0 radical (unpaired) electrons. The Hall–Kier alpha value is -2.69. The van der Waals surface area contributed by atoms with Crippen LogP contribution in [0.15, 0.2) is 41.4 Å². The van der Waals surface area contributed by atoms with Gasteiger partial charge in [-0.05, 0) is 62.6 Å². The molecule has 0 aromatic heterocycles. The van der Waals surface area contributed by atoms with Crippen LogP contribution in [0.2, 0.25) is 10.0 Å². The quantitative estimate of drug-likeness (QED) is 0.277. The number of phenols is 2. The normalized spacial score (nSPS) is 13.2. The Kier molecular flexibility index (Phi) is 9.72. The van der Waals surface area contributed by atoms with Gasteiger partial charge in [-0.3, -0.25) is 4.99 Å². The van der Waals surface area contributed by atoms with Gasteiger partial charge in [0.15, 0.2) is 0 Å². The minimum Gasteiger partial charge on any atom is -0.507 e. The topological polar surface area (TPSA) is 56.1 Å². The average Bonchev–Trinajstić information content (AvgIpc) is 2.83. The lowest BCUT2D eigenvalue weighted by atomic mass is 9.79. The van der Waals surface area contributed by atoms with Crippen LogP contribution in [0.3, 0.4) is 0 Å². The number of hydrogen-bond donors (Lipinski definition) is 2. The van der Waals surface area contributed by atoms with E-state index >= 15 is 0 Å². The molecular weight excluding hydrogens is 575 g/mol. The number of phenolic OH excluding ortho intramolecular Hbond substituents is 2. The molecule has 0 aliphatic heterocycles. The maximum Gasteiger partial charge on any atom is 0.128 e. The van der Waals surface area contributed by atoms with E-state index in [1.165, 1.54) is 0 Å². The molecule has 0 unspecified atom stereocenters. The second kappa shape index (κ2) is 12.0. The largest absolute Gasteiger partial charge is 0.507 e. The Labute approximate surface area is 269 Å². The lowest BCUT2D eigenvalue weighted by molar-refractivity contribution is 0.437. The third-order valence-electron chi connectivity index (χ3n) is 7.86. The van der Waals surface area contributed by atoms with Crippen LogP contribution >= 0.6 is 23.2 Å². The summed E-state index contributed by atoms with van der Waals surface area (Å²) in [6.45, 7) is 26.1. The van der Waals surface area contributed by atoms with Gasteiger partial charge in [-0.25, -0.2) is 0 Å². The predicted octanol–water partition coefficient (Wildman–Crippen LogP) is 11.0. The summed E-state index contributed by atoms with van der Waals surface area (Å²) in [6.07, 6.45) is 1.70. The molecule has 2 N–H and O–H groups in total. The standard InChI is InChI=1S/C37H50Cl2N2O2/c1-34(2,3)24-14-22(32(42)26(16-24)36(7,8)9)20-40-30-18-28(38)29(39)19-31(30)41(13)21-23-15-25(35(4,5)6)17-27(33(23)43)37(10,11)12/h14-20,42-43H,21H2,1-13H3. The molecule has 0 spiro atoms. The zero-order chi connectivity index (χ0) is 32.9. The van der Waals surface area contributed by atoms with E-state index in [4.69, 9.17) is 28.2 Å². The Balaban J connectivity index is 2.15. The summed E-state index contributed by atoms with van der Waals surface area (Å²) in [5.74, 6) is 0.522. The van der Waals surface area contributed by atoms with E-state index in [1.54, 1.807) is 18.3 Å². The molecule has 4 nitrogen and oxygen atoms in total. The summed E-state index contributed by atoms with van der Waals surface area (Å²) in [4.78, 5) is 6.87. The smallest absolute Gasteiger partial charge is 0.128 e. The van der Waals surface area contributed by atoms with Crippen LogP contribution in [0.1, 0.15) is 116 Å². The van der Waals surface area contributed by atoms with Crippen LogP contribution in [0, 0.1) is 0 Å². The number of aliphatic imine (C=N–C) groups is 1. The first-order valence-corrected chi connectivity index (χ1v) is 15.7. The van der Waals surface area contributed by atoms with E-state index in [-0.39, 0.29) is 27.4 Å². The molecule has 3 rings (SSSR count). The van der Waals surface area contributed by atoms with Crippen LogP contribution < -0.4 is 4.90 Å². The third-order valence-corrected chi connectivity index (χ3v) is 8.58. The van der Waals surface area contributed by atoms with Crippen molar-refractivity contribution in [2.45, 2.75) is 111 Å². The fraction of sp³-hybridized carbons (Fsp3) is 0.486. The van der Waals surface area contributed by atoms with Crippen molar-refractivity contribution in [2.24, 2.45) is 4.99 Å². The van der Waals surface area contributed by atoms with Crippen molar-refractivity contribution in [3.8, 4) is 11.5 Å². The number of aromatic hydroxyl groups is 2. The Morgan fingerprint density at radius 1 is 0.651 bits per heavy atom. The molecule has 3 aromatic rings. The van der Waals surface area contributed by atoms with Crippen LogP contribution in [0.5, 0.6) is 11.5 Å². The minimum absolute atomic E-state index is 0.0877. The van der Waals surface area contributed by atoms with Crippen LogP contribution in [0.4, 0.5) is 11.4 Å². The van der Waals surface area contributed by atoms with E-state index in [0.29, 0.717) is 33.6 Å². The van der Waals surface area contributed by atoms with Gasteiger partial charge in [-0.15, -0.1) is 0 Å². The van der Waals surface area contributed by atoms with Gasteiger partial charge in [0.2, 0.25) is 0 Å². The number of nitrogens with zero attached hydrogens (tertiary/aromatic N) is 2. The van der Waals surface area contributed by atoms with Crippen molar-refractivity contribution >= 4 is 40.8 Å². The van der Waals surface area contributed by atoms with Crippen molar-refractivity contribution in [1.82, 2.24) is 0 Å². The molecule has 0 aliphatic carbocycles. The lowest BCUT2D eigenvalue weighted by Gasteiger charge is -2.29. The van der Waals surface area contributed by atoms with Crippen LogP contribution in [0.25, 0.3) is 0 Å². The summed E-state index contributed by atoms with van der Waals surface area (Å²) in [5.41, 5.74) is 6.22. The van der Waals surface area contributed by atoms with E-state index in [1.807, 2.05) is 18.0 Å². The van der Waals surface area contributed by atoms with Gasteiger partial charge in [0, 0.05) is 36.5 Å². The lowest BCUT2D eigenvalue weighted by Crippen LogP contribution is -2.21. The first kappa shape index (κ1) is 34.8. The fourth-order valence-electron chi connectivity index (χ4n) is 4.99. The van der Waals surface area contributed by atoms with E-state index in [2.05, 4.69) is 101 Å². The SMILES string of the molecule is CN(Cc1cc(C(C)(C)C)cc(C(C)(C)C)c1O)c1cc(Cl)c(Cl)cc1N=Cc1cc(C(C)(C)C)cc(C(C)(C)C)c1O. The second-order valence-electron chi connectivity index (χ2n) is 15.9. The first-order valence-electron chi connectivity index (χ1n) is 14.9. The maximum atomic E-state index is 11.4. The van der Waals surface area contributed by atoms with Crippen LogP contribution in [-0.2, 0) is 28.2 Å². The molecule has 3 aromatic carbocycles. The van der Waals surface area contributed by atoms with Gasteiger partial charge < -0.3 is 15.1 Å². The molecule has 0 atom stereocenters. The highest BCUT2D eigenvalue weighted by atomic mass is 35.5. The fourth-order valence-corrected chi connectivity index (χ4v) is 5.31. The molecule has 0 aliphatic rings. The van der Waals surface area contributed by atoms with Gasteiger partial charge in [0.25, 0.3) is 0 Å². The molecule has 0 heterocycles. The summed E-state index contributed by atoms with van der Waals surface area (Å²) in [7, 11) is 1.95.